The van der Waals surface area contributed by atoms with Gasteiger partial charge in [-0.1, -0.05) is 12.5 Å². The topological polar surface area (TPSA) is 30.3 Å². The van der Waals surface area contributed by atoms with Crippen molar-refractivity contribution in [2.24, 2.45) is 18.9 Å². The van der Waals surface area contributed by atoms with Gasteiger partial charge in [-0.15, -0.1) is 6.58 Å². The lowest BCUT2D eigenvalue weighted by Crippen LogP contribution is -2.52. The summed E-state index contributed by atoms with van der Waals surface area (Å²) in [6.07, 6.45) is 10.4. The quantitative estimate of drug-likeness (QED) is 0.772. The van der Waals surface area contributed by atoms with E-state index in [1.54, 1.807) is 0 Å². The Bertz CT molecular complexity index is 442. The summed E-state index contributed by atoms with van der Waals surface area (Å²) in [6.45, 7) is 7.80. The monoisotopic (exact) mass is 275 g/mol. The molecule has 4 heteroatoms. The Morgan fingerprint density at radius 3 is 2.75 bits per heavy atom. The first-order valence-electron chi connectivity index (χ1n) is 7.68. The number of fused-ring (bicyclic) bond motifs is 2. The maximum atomic E-state index is 6.04. The van der Waals surface area contributed by atoms with Crippen LogP contribution in [0, 0.1) is 11.8 Å². The van der Waals surface area contributed by atoms with Crippen molar-refractivity contribution in [1.82, 2.24) is 14.7 Å². The van der Waals surface area contributed by atoms with Crippen LogP contribution in [0.3, 0.4) is 0 Å². The van der Waals surface area contributed by atoms with Crippen LogP contribution in [0.2, 0.25) is 0 Å². The number of likely N-dealkylation sites (tertiary alicyclic amines) is 1. The minimum absolute atomic E-state index is 0.451. The number of aromatic nitrogens is 2. The van der Waals surface area contributed by atoms with E-state index in [0.717, 1.165) is 19.6 Å². The van der Waals surface area contributed by atoms with Crippen molar-refractivity contribution in [3.63, 3.8) is 0 Å². The second kappa shape index (κ2) is 6.10. The number of rotatable bonds is 5. The van der Waals surface area contributed by atoms with Crippen molar-refractivity contribution in [3.8, 4) is 0 Å². The molecule has 1 aliphatic carbocycles. The number of hydrogen-bond acceptors (Lipinski definition) is 3. The molecule has 110 valence electrons. The lowest BCUT2D eigenvalue weighted by atomic mass is 9.75. The summed E-state index contributed by atoms with van der Waals surface area (Å²) in [5.41, 5.74) is 1.32. The number of ether oxygens (including phenoxy) is 1. The maximum absolute atomic E-state index is 6.04. The number of hydrogen-bond donors (Lipinski definition) is 0. The molecule has 2 atom stereocenters. The molecule has 4 nitrogen and oxygen atoms in total. The van der Waals surface area contributed by atoms with Crippen LogP contribution < -0.4 is 0 Å². The molecule has 0 N–H and O–H groups in total. The second-order valence-corrected chi connectivity index (χ2v) is 6.25. The summed E-state index contributed by atoms with van der Waals surface area (Å²) in [5.74, 6) is 1.39. The third kappa shape index (κ3) is 2.96. The fourth-order valence-corrected chi connectivity index (χ4v) is 3.88. The van der Waals surface area contributed by atoms with E-state index in [4.69, 9.17) is 4.74 Å². The van der Waals surface area contributed by atoms with Gasteiger partial charge in [-0.25, -0.2) is 0 Å². The maximum Gasteiger partial charge on any atom is 0.0660 e. The Balaban J connectivity index is 1.62. The van der Waals surface area contributed by atoms with Crippen molar-refractivity contribution in [2.45, 2.75) is 31.9 Å². The van der Waals surface area contributed by atoms with E-state index in [-0.39, 0.29) is 0 Å². The van der Waals surface area contributed by atoms with Crippen LogP contribution in [-0.4, -0.2) is 40.5 Å². The first kappa shape index (κ1) is 13.8. The zero-order valence-corrected chi connectivity index (χ0v) is 12.4. The lowest BCUT2D eigenvalue weighted by molar-refractivity contribution is -0.0863. The zero-order valence-electron chi connectivity index (χ0n) is 12.4. The molecule has 1 aromatic heterocycles. The predicted octanol–water partition coefficient (Wildman–Crippen LogP) is 2.22. The minimum Gasteiger partial charge on any atom is -0.374 e. The van der Waals surface area contributed by atoms with E-state index in [1.807, 2.05) is 24.0 Å². The molecule has 3 rings (SSSR count). The van der Waals surface area contributed by atoms with Crippen LogP contribution in [0.15, 0.2) is 25.0 Å². The van der Waals surface area contributed by atoms with Gasteiger partial charge in [0.1, 0.15) is 0 Å². The summed E-state index contributed by atoms with van der Waals surface area (Å²) in [5, 5.41) is 4.26. The van der Waals surface area contributed by atoms with Gasteiger partial charge in [0.05, 0.1) is 18.9 Å². The largest absolute Gasteiger partial charge is 0.374 e. The third-order valence-corrected chi connectivity index (χ3v) is 4.64. The van der Waals surface area contributed by atoms with E-state index in [9.17, 15) is 0 Å². The second-order valence-electron chi connectivity index (χ2n) is 6.25. The first-order chi connectivity index (χ1) is 9.76. The van der Waals surface area contributed by atoms with Gasteiger partial charge in [-0.05, 0) is 24.7 Å². The summed E-state index contributed by atoms with van der Waals surface area (Å²) in [6, 6.07) is 0. The van der Waals surface area contributed by atoms with Crippen molar-refractivity contribution in [2.75, 3.05) is 19.7 Å². The minimum atomic E-state index is 0.451. The zero-order chi connectivity index (χ0) is 13.9. The number of aryl methyl sites for hydroxylation is 1. The van der Waals surface area contributed by atoms with Crippen LogP contribution in [0.1, 0.15) is 24.8 Å². The molecule has 2 heterocycles. The van der Waals surface area contributed by atoms with Gasteiger partial charge in [-0.3, -0.25) is 9.58 Å². The molecule has 0 radical (unpaired) electrons. The normalized spacial score (nSPS) is 30.4. The number of piperidine rings is 1. The molecule has 1 saturated heterocycles. The Labute approximate surface area is 121 Å². The van der Waals surface area contributed by atoms with E-state index < -0.39 is 0 Å². The van der Waals surface area contributed by atoms with Gasteiger partial charge >= 0.3 is 0 Å². The molecule has 1 aliphatic heterocycles. The molecular weight excluding hydrogens is 250 g/mol. The molecule has 0 amide bonds. The molecule has 2 aliphatic rings. The predicted molar refractivity (Wildman–Crippen MR) is 79.3 cm³/mol. The van der Waals surface area contributed by atoms with E-state index in [1.165, 1.54) is 24.8 Å². The average molecular weight is 275 g/mol. The Morgan fingerprint density at radius 1 is 1.40 bits per heavy atom. The highest BCUT2D eigenvalue weighted by atomic mass is 16.5. The number of nitrogens with zero attached hydrogens (tertiary/aromatic N) is 3. The van der Waals surface area contributed by atoms with Gasteiger partial charge < -0.3 is 4.74 Å². The third-order valence-electron chi connectivity index (χ3n) is 4.64. The van der Waals surface area contributed by atoms with Gasteiger partial charge in [0.2, 0.25) is 0 Å². The van der Waals surface area contributed by atoms with E-state index in [2.05, 4.69) is 22.8 Å². The SMILES string of the molecule is C=CCOC1[C@H]2CCC[C@H]1CN(Cc1cnn(C)c1)C2. The van der Waals surface area contributed by atoms with Gasteiger partial charge in [-0.2, -0.15) is 5.10 Å². The van der Waals surface area contributed by atoms with Crippen LogP contribution in [0.5, 0.6) is 0 Å². The molecule has 2 fully saturated rings. The molecule has 2 bridgehead atoms. The Kier molecular flexibility index (Phi) is 4.22. The molecular formula is C16H25N3O. The van der Waals surface area contributed by atoms with Gasteiger partial charge in [0.15, 0.2) is 0 Å². The van der Waals surface area contributed by atoms with Crippen molar-refractivity contribution < 1.29 is 4.74 Å². The highest BCUT2D eigenvalue weighted by molar-refractivity contribution is 5.04. The summed E-state index contributed by atoms with van der Waals surface area (Å²) >= 11 is 0. The summed E-state index contributed by atoms with van der Waals surface area (Å²) < 4.78 is 7.93. The lowest BCUT2D eigenvalue weighted by Gasteiger charge is -2.47. The van der Waals surface area contributed by atoms with Crippen LogP contribution in [0.25, 0.3) is 0 Å². The molecule has 0 spiro atoms. The molecule has 1 aromatic rings. The molecule has 1 saturated carbocycles. The molecule has 0 aromatic carbocycles. The fraction of sp³-hybridized carbons (Fsp3) is 0.688. The smallest absolute Gasteiger partial charge is 0.0660 e. The van der Waals surface area contributed by atoms with Crippen molar-refractivity contribution in [1.29, 1.82) is 0 Å². The molecule has 20 heavy (non-hydrogen) atoms. The van der Waals surface area contributed by atoms with Gasteiger partial charge in [0.25, 0.3) is 0 Å². The molecule has 0 unspecified atom stereocenters. The fourth-order valence-electron chi connectivity index (χ4n) is 3.88. The van der Waals surface area contributed by atoms with Gasteiger partial charge in [0, 0.05) is 38.4 Å². The van der Waals surface area contributed by atoms with Crippen LogP contribution in [0.4, 0.5) is 0 Å². The standard InChI is InChI=1S/C16H25N3O/c1-3-7-20-16-14-5-4-6-15(16)12-19(11-14)10-13-8-17-18(2)9-13/h3,8-9,14-16H,1,4-7,10-12H2,2H3/t14-,15-/m0/s1. The van der Waals surface area contributed by atoms with E-state index >= 15 is 0 Å². The highest BCUT2D eigenvalue weighted by Crippen LogP contribution is 2.37. The van der Waals surface area contributed by atoms with Crippen LogP contribution >= 0.6 is 0 Å². The Morgan fingerprint density at radius 2 is 2.15 bits per heavy atom. The highest BCUT2D eigenvalue weighted by Gasteiger charge is 2.39. The summed E-state index contributed by atoms with van der Waals surface area (Å²) in [7, 11) is 1.98. The van der Waals surface area contributed by atoms with Crippen molar-refractivity contribution in [3.05, 3.63) is 30.6 Å². The van der Waals surface area contributed by atoms with E-state index in [0.29, 0.717) is 24.5 Å². The van der Waals surface area contributed by atoms with Crippen molar-refractivity contribution >= 4 is 0 Å². The first-order valence-corrected chi connectivity index (χ1v) is 7.68. The average Bonchev–Trinajstić information content (AvgIpc) is 2.81. The van der Waals surface area contributed by atoms with Crippen LogP contribution in [-0.2, 0) is 18.3 Å². The summed E-state index contributed by atoms with van der Waals surface area (Å²) in [4.78, 5) is 2.58. The Hall–Kier alpha value is -1.13.